The number of nitrogens with two attached hydrogens (primary N) is 1. The van der Waals surface area contributed by atoms with Crippen molar-refractivity contribution in [2.45, 2.75) is 65.1 Å². The summed E-state index contributed by atoms with van der Waals surface area (Å²) in [6.45, 7) is 15.4. The maximum Gasteiger partial charge on any atom is 0.256 e. The van der Waals surface area contributed by atoms with Crippen molar-refractivity contribution in [3.63, 3.8) is 0 Å². The van der Waals surface area contributed by atoms with E-state index >= 15 is 0 Å². The third-order valence-corrected chi connectivity index (χ3v) is 9.54. The van der Waals surface area contributed by atoms with Gasteiger partial charge in [-0.2, -0.15) is 5.10 Å². The summed E-state index contributed by atoms with van der Waals surface area (Å²) in [6, 6.07) is 16.8. The molecular formula is C35H51N7O3. The molecule has 2 aromatic carbocycles. The van der Waals surface area contributed by atoms with Crippen LogP contribution >= 0.6 is 0 Å². The predicted molar refractivity (Wildman–Crippen MR) is 181 cm³/mol. The average Bonchev–Trinajstić information content (AvgIpc) is 3.58. The van der Waals surface area contributed by atoms with E-state index in [2.05, 4.69) is 70.0 Å². The first-order chi connectivity index (χ1) is 21.5. The molecule has 0 radical (unpaired) electrons. The number of carbonyl (C=O) groups excluding carboxylic acids is 1. The third-order valence-electron chi connectivity index (χ3n) is 9.54. The van der Waals surface area contributed by atoms with Gasteiger partial charge >= 0.3 is 0 Å². The standard InChI is InChI=1S/C35H51N7O3/c1-24-20-41(21-25(2)42(24)15-7-14-40-22-32(36)35(3,4)23-40)29-12-9-27(10-13-29)34(43)37-33-18-28(38-39-33)11-8-26-16-30(44-5)19-31(17-26)45-6/h9-10,12-13,16-19,24-25,32H,7-8,11,14-15,20-23,36H2,1-6H3,(H2,37,38,39,43)/t24-,25+,32-/m0/s1. The van der Waals surface area contributed by atoms with Crippen LogP contribution in [-0.4, -0.2) is 97.5 Å². The van der Waals surface area contributed by atoms with Gasteiger partial charge in [0.25, 0.3) is 5.91 Å². The van der Waals surface area contributed by atoms with Gasteiger partial charge in [-0.1, -0.05) is 13.8 Å². The molecule has 2 saturated heterocycles. The van der Waals surface area contributed by atoms with Crippen LogP contribution in [0.4, 0.5) is 11.5 Å². The van der Waals surface area contributed by atoms with Crippen molar-refractivity contribution in [1.82, 2.24) is 20.0 Å². The average molecular weight is 618 g/mol. The molecule has 45 heavy (non-hydrogen) atoms. The van der Waals surface area contributed by atoms with E-state index in [-0.39, 0.29) is 17.4 Å². The van der Waals surface area contributed by atoms with Crippen LogP contribution in [0.5, 0.6) is 11.5 Å². The minimum absolute atomic E-state index is 0.175. The van der Waals surface area contributed by atoms with Crippen molar-refractivity contribution < 1.29 is 14.3 Å². The highest BCUT2D eigenvalue weighted by Gasteiger charge is 2.36. The van der Waals surface area contributed by atoms with Crippen LogP contribution in [-0.2, 0) is 12.8 Å². The van der Waals surface area contributed by atoms with Crippen molar-refractivity contribution in [3.8, 4) is 11.5 Å². The number of carbonyl (C=O) groups is 1. The predicted octanol–water partition coefficient (Wildman–Crippen LogP) is 4.42. The molecule has 3 atom stereocenters. The number of methoxy groups -OCH3 is 2. The molecule has 3 heterocycles. The van der Waals surface area contributed by atoms with Crippen molar-refractivity contribution in [2.75, 3.05) is 63.7 Å². The Morgan fingerprint density at radius 1 is 0.978 bits per heavy atom. The molecule has 0 unspecified atom stereocenters. The van der Waals surface area contributed by atoms with Gasteiger partial charge in [0, 0.05) is 79.9 Å². The summed E-state index contributed by atoms with van der Waals surface area (Å²) in [5.41, 5.74) is 10.3. The lowest BCUT2D eigenvalue weighted by molar-refractivity contribution is 0.102. The molecule has 3 aromatic rings. The number of ether oxygens (including phenoxy) is 2. The SMILES string of the molecule is COc1cc(CCc2cc(NC(=O)c3ccc(N4C[C@@H](C)N(CCCN5C[C@H](N)C(C)(C)C5)[C@@H](C)C4)cc3)n[nH]2)cc(OC)c1. The van der Waals surface area contributed by atoms with E-state index < -0.39 is 0 Å². The first-order valence-corrected chi connectivity index (χ1v) is 16.2. The van der Waals surface area contributed by atoms with Gasteiger partial charge in [-0.15, -0.1) is 0 Å². The Kier molecular flexibility index (Phi) is 10.4. The second kappa shape index (κ2) is 14.2. The summed E-state index contributed by atoms with van der Waals surface area (Å²) in [7, 11) is 3.29. The third kappa shape index (κ3) is 8.17. The van der Waals surface area contributed by atoms with E-state index in [0.29, 0.717) is 23.5 Å². The van der Waals surface area contributed by atoms with E-state index in [9.17, 15) is 4.79 Å². The highest BCUT2D eigenvalue weighted by Crippen LogP contribution is 2.29. The van der Waals surface area contributed by atoms with Gasteiger partial charge in [-0.05, 0) is 87.0 Å². The molecule has 5 rings (SSSR count). The number of aromatic nitrogens is 2. The first-order valence-electron chi connectivity index (χ1n) is 16.2. The second-order valence-corrected chi connectivity index (χ2v) is 13.5. The first kappa shape index (κ1) is 32.8. The minimum atomic E-state index is -0.175. The summed E-state index contributed by atoms with van der Waals surface area (Å²) in [5.74, 6) is 1.86. The van der Waals surface area contributed by atoms with E-state index in [0.717, 1.165) is 87.0 Å². The minimum Gasteiger partial charge on any atom is -0.497 e. The van der Waals surface area contributed by atoms with Crippen molar-refractivity contribution in [2.24, 2.45) is 11.1 Å². The number of aromatic amines is 1. The molecule has 0 bridgehead atoms. The fourth-order valence-electron chi connectivity index (χ4n) is 6.79. The van der Waals surface area contributed by atoms with Gasteiger partial charge in [0.2, 0.25) is 0 Å². The number of benzene rings is 2. The zero-order valence-electron chi connectivity index (χ0n) is 27.8. The number of nitrogens with zero attached hydrogens (tertiary/aromatic N) is 4. The number of likely N-dealkylation sites (tertiary alicyclic amines) is 1. The lowest BCUT2D eigenvalue weighted by Crippen LogP contribution is -2.57. The van der Waals surface area contributed by atoms with Crippen molar-refractivity contribution >= 4 is 17.4 Å². The topological polar surface area (TPSA) is 112 Å². The van der Waals surface area contributed by atoms with Crippen LogP contribution < -0.4 is 25.4 Å². The van der Waals surface area contributed by atoms with Crippen LogP contribution in [0.2, 0.25) is 0 Å². The second-order valence-electron chi connectivity index (χ2n) is 13.5. The van der Waals surface area contributed by atoms with E-state index in [1.54, 1.807) is 14.2 Å². The van der Waals surface area contributed by atoms with Gasteiger partial charge in [0.1, 0.15) is 11.5 Å². The zero-order chi connectivity index (χ0) is 32.1. The number of hydrogen-bond acceptors (Lipinski definition) is 8. The summed E-state index contributed by atoms with van der Waals surface area (Å²) in [4.78, 5) is 20.6. The highest BCUT2D eigenvalue weighted by atomic mass is 16.5. The fraction of sp³-hybridized carbons (Fsp3) is 0.543. The Bertz CT molecular complexity index is 1390. The Morgan fingerprint density at radius 3 is 2.24 bits per heavy atom. The number of piperazine rings is 1. The molecule has 244 valence electrons. The van der Waals surface area contributed by atoms with Gasteiger partial charge in [0.15, 0.2) is 5.82 Å². The molecule has 0 saturated carbocycles. The largest absolute Gasteiger partial charge is 0.497 e. The van der Waals surface area contributed by atoms with Crippen LogP contribution in [0.1, 0.15) is 55.7 Å². The number of aryl methyl sites for hydroxylation is 2. The lowest BCUT2D eigenvalue weighted by Gasteiger charge is -2.45. The van der Waals surface area contributed by atoms with Crippen molar-refractivity contribution in [1.29, 1.82) is 0 Å². The smallest absolute Gasteiger partial charge is 0.256 e. The van der Waals surface area contributed by atoms with E-state index in [1.807, 2.05) is 36.4 Å². The van der Waals surface area contributed by atoms with Gasteiger partial charge < -0.3 is 30.3 Å². The van der Waals surface area contributed by atoms with Crippen LogP contribution in [0, 0.1) is 5.41 Å². The molecular weight excluding hydrogens is 566 g/mol. The van der Waals surface area contributed by atoms with Gasteiger partial charge in [0.05, 0.1) is 14.2 Å². The van der Waals surface area contributed by atoms with E-state index in [1.165, 1.54) is 0 Å². The molecule has 10 heteroatoms. The molecule has 4 N–H and O–H groups in total. The number of amides is 1. The number of hydrogen-bond donors (Lipinski definition) is 3. The Labute approximate surface area is 268 Å². The van der Waals surface area contributed by atoms with Crippen LogP contribution in [0.3, 0.4) is 0 Å². The molecule has 2 aliphatic heterocycles. The fourth-order valence-corrected chi connectivity index (χ4v) is 6.79. The summed E-state index contributed by atoms with van der Waals surface area (Å²) >= 11 is 0. The molecule has 0 aliphatic carbocycles. The zero-order valence-corrected chi connectivity index (χ0v) is 27.8. The molecule has 2 fully saturated rings. The number of nitrogens with one attached hydrogen (secondary N) is 2. The number of anilines is 2. The molecule has 1 amide bonds. The Hall–Kier alpha value is -3.60. The number of H-pyrrole nitrogens is 1. The maximum absolute atomic E-state index is 13.0. The molecule has 1 aromatic heterocycles. The summed E-state index contributed by atoms with van der Waals surface area (Å²) in [6.07, 6.45) is 2.68. The molecule has 2 aliphatic rings. The molecule has 10 nitrogen and oxygen atoms in total. The van der Waals surface area contributed by atoms with Crippen LogP contribution in [0.15, 0.2) is 48.5 Å². The summed E-state index contributed by atoms with van der Waals surface area (Å²) < 4.78 is 10.7. The van der Waals surface area contributed by atoms with E-state index in [4.69, 9.17) is 15.2 Å². The van der Waals surface area contributed by atoms with Gasteiger partial charge in [-0.3, -0.25) is 14.8 Å². The Balaban J connectivity index is 1.09. The quantitative estimate of drug-likeness (QED) is 0.274. The monoisotopic (exact) mass is 617 g/mol. The maximum atomic E-state index is 13.0. The van der Waals surface area contributed by atoms with Crippen LogP contribution in [0.25, 0.3) is 0 Å². The lowest BCUT2D eigenvalue weighted by atomic mass is 9.89. The summed E-state index contributed by atoms with van der Waals surface area (Å²) in [5, 5.41) is 10.3. The van der Waals surface area contributed by atoms with Crippen molar-refractivity contribution in [3.05, 3.63) is 65.4 Å². The normalized spacial score (nSPS) is 22.0. The Morgan fingerprint density at radius 2 is 1.64 bits per heavy atom. The van der Waals surface area contributed by atoms with Gasteiger partial charge in [-0.25, -0.2) is 0 Å². The molecule has 0 spiro atoms. The highest BCUT2D eigenvalue weighted by molar-refractivity contribution is 6.03. The number of rotatable bonds is 12.